The Morgan fingerprint density at radius 2 is 1.55 bits per heavy atom. The lowest BCUT2D eigenvalue weighted by Crippen LogP contribution is -2.56. The number of nitrogens with one attached hydrogen (secondary N) is 3. The molecule has 0 spiro atoms. The van der Waals surface area contributed by atoms with Gasteiger partial charge >= 0.3 is 5.97 Å². The third kappa shape index (κ3) is 10.7. The molecule has 0 saturated carbocycles. The van der Waals surface area contributed by atoms with Gasteiger partial charge in [-0.05, 0) is 31.8 Å². The van der Waals surface area contributed by atoms with Gasteiger partial charge in [0.05, 0.1) is 12.6 Å². The molecule has 0 bridgehead atoms. The molecule has 0 aliphatic heterocycles. The van der Waals surface area contributed by atoms with Crippen molar-refractivity contribution in [3.63, 3.8) is 0 Å². The molecular formula is C16H29N5O7S. The van der Waals surface area contributed by atoms with E-state index in [0.29, 0.717) is 5.75 Å². The maximum atomic E-state index is 12.5. The lowest BCUT2D eigenvalue weighted by atomic mass is 10.1. The summed E-state index contributed by atoms with van der Waals surface area (Å²) >= 11 is 1.44. The summed E-state index contributed by atoms with van der Waals surface area (Å²) in [4.78, 5) is 58.3. The van der Waals surface area contributed by atoms with Crippen molar-refractivity contribution in [2.75, 3.05) is 18.6 Å². The van der Waals surface area contributed by atoms with Gasteiger partial charge in [0.25, 0.3) is 0 Å². The first kappa shape index (κ1) is 26.6. The molecule has 0 fully saturated rings. The molecule has 0 aromatic heterocycles. The molecule has 0 aliphatic carbocycles. The Balaban J connectivity index is 4.92. The Bertz CT molecular complexity index is 604. The van der Waals surface area contributed by atoms with Crippen molar-refractivity contribution in [2.24, 2.45) is 11.5 Å². The Labute approximate surface area is 172 Å². The Hall–Kier alpha value is -2.38. The number of aliphatic carboxylic acids is 1. The summed E-state index contributed by atoms with van der Waals surface area (Å²) in [5.74, 6) is -3.61. The maximum Gasteiger partial charge on any atom is 0.328 e. The molecule has 0 radical (unpaired) electrons. The quantitative estimate of drug-likeness (QED) is 0.147. The van der Waals surface area contributed by atoms with Gasteiger partial charge in [0.1, 0.15) is 18.1 Å². The highest BCUT2D eigenvalue weighted by Gasteiger charge is 2.28. The van der Waals surface area contributed by atoms with Crippen LogP contribution in [0.25, 0.3) is 0 Å². The number of nitrogens with two attached hydrogens (primary N) is 2. The minimum atomic E-state index is -1.50. The van der Waals surface area contributed by atoms with Crippen LogP contribution in [0.1, 0.15) is 26.2 Å². The van der Waals surface area contributed by atoms with Crippen LogP contribution >= 0.6 is 11.8 Å². The number of primary amides is 1. The number of amides is 4. The van der Waals surface area contributed by atoms with E-state index in [4.69, 9.17) is 21.7 Å². The lowest BCUT2D eigenvalue weighted by molar-refractivity contribution is -0.143. The fraction of sp³-hybridized carbons (Fsp3) is 0.688. The van der Waals surface area contributed by atoms with Crippen molar-refractivity contribution in [2.45, 2.75) is 50.4 Å². The molecule has 0 aromatic carbocycles. The van der Waals surface area contributed by atoms with Crippen LogP contribution in [0, 0.1) is 0 Å². The van der Waals surface area contributed by atoms with Crippen LogP contribution in [0.2, 0.25) is 0 Å². The Morgan fingerprint density at radius 1 is 0.966 bits per heavy atom. The van der Waals surface area contributed by atoms with Crippen LogP contribution in [0.3, 0.4) is 0 Å². The summed E-state index contributed by atoms with van der Waals surface area (Å²) in [7, 11) is 0. The number of carbonyl (C=O) groups excluding carboxylic acids is 4. The third-order valence-corrected chi connectivity index (χ3v) is 4.48. The number of carboxylic acid groups (broad SMARTS) is 1. The average molecular weight is 436 g/mol. The molecule has 0 heterocycles. The summed E-state index contributed by atoms with van der Waals surface area (Å²) < 4.78 is 0. The number of carbonyl (C=O) groups is 5. The van der Waals surface area contributed by atoms with Gasteiger partial charge in [-0.2, -0.15) is 11.8 Å². The van der Waals surface area contributed by atoms with Crippen molar-refractivity contribution in [3.05, 3.63) is 0 Å². The predicted octanol–water partition coefficient (Wildman–Crippen LogP) is -3.12. The van der Waals surface area contributed by atoms with Crippen LogP contribution in [-0.2, 0) is 24.0 Å². The number of thioether (sulfide) groups is 1. The highest BCUT2D eigenvalue weighted by Crippen LogP contribution is 2.03. The first-order valence-corrected chi connectivity index (χ1v) is 10.2. The Morgan fingerprint density at radius 3 is 2.03 bits per heavy atom. The molecule has 0 aliphatic rings. The highest BCUT2D eigenvalue weighted by atomic mass is 32.2. The van der Waals surface area contributed by atoms with Gasteiger partial charge < -0.3 is 37.6 Å². The molecule has 4 unspecified atom stereocenters. The predicted molar refractivity (Wildman–Crippen MR) is 106 cm³/mol. The van der Waals surface area contributed by atoms with Crippen molar-refractivity contribution in [1.29, 1.82) is 0 Å². The van der Waals surface area contributed by atoms with Crippen molar-refractivity contribution >= 4 is 41.4 Å². The van der Waals surface area contributed by atoms with Gasteiger partial charge in [-0.3, -0.25) is 19.2 Å². The van der Waals surface area contributed by atoms with E-state index >= 15 is 0 Å². The van der Waals surface area contributed by atoms with Crippen LogP contribution in [0.4, 0.5) is 0 Å². The maximum absolute atomic E-state index is 12.5. The normalized spacial score (nSPS) is 14.8. The summed E-state index contributed by atoms with van der Waals surface area (Å²) in [5.41, 5.74) is 10.7. The summed E-state index contributed by atoms with van der Waals surface area (Å²) in [5, 5.41) is 24.7. The van der Waals surface area contributed by atoms with Gasteiger partial charge in [-0.1, -0.05) is 0 Å². The van der Waals surface area contributed by atoms with Crippen LogP contribution in [0.5, 0.6) is 0 Å². The molecule has 0 saturated heterocycles. The first-order chi connectivity index (χ1) is 13.5. The number of carboxylic acids is 1. The molecule has 12 nitrogen and oxygen atoms in total. The van der Waals surface area contributed by atoms with Crippen molar-refractivity contribution in [3.8, 4) is 0 Å². The van der Waals surface area contributed by atoms with E-state index in [1.807, 2.05) is 6.26 Å². The van der Waals surface area contributed by atoms with E-state index in [0.717, 1.165) is 0 Å². The van der Waals surface area contributed by atoms with Crippen LogP contribution in [-0.4, -0.2) is 82.6 Å². The second-order valence-corrected chi connectivity index (χ2v) is 7.25. The summed E-state index contributed by atoms with van der Waals surface area (Å²) in [6.07, 6.45) is 2.01. The molecule has 0 rings (SSSR count). The monoisotopic (exact) mass is 435 g/mol. The highest BCUT2D eigenvalue weighted by molar-refractivity contribution is 7.98. The van der Waals surface area contributed by atoms with E-state index < -0.39 is 60.4 Å². The van der Waals surface area contributed by atoms with Gasteiger partial charge in [0, 0.05) is 6.42 Å². The fourth-order valence-electron chi connectivity index (χ4n) is 2.07. The number of hydrogen-bond donors (Lipinski definition) is 7. The van der Waals surface area contributed by atoms with Gasteiger partial charge in [0.2, 0.25) is 23.6 Å². The topological polar surface area (TPSA) is 214 Å². The van der Waals surface area contributed by atoms with E-state index in [2.05, 4.69) is 16.0 Å². The third-order valence-electron chi connectivity index (χ3n) is 3.83. The molecule has 13 heteroatoms. The second kappa shape index (κ2) is 13.7. The zero-order valence-electron chi connectivity index (χ0n) is 16.3. The summed E-state index contributed by atoms with van der Waals surface area (Å²) in [6.45, 7) is 0.521. The number of aliphatic hydroxyl groups is 1. The standard InChI is InChI=1S/C16H29N5O7S/c1-8(13(24)21-11(7-22)16(27)28)19-15(26)10(5-6-29-2)20-14(25)9(17)3-4-12(18)23/h8-11,22H,3-7,17H2,1-2H3,(H2,18,23)(H,19,26)(H,20,25)(H,21,24)(H,27,28). The summed E-state index contributed by atoms with van der Waals surface area (Å²) in [6, 6.07) is -4.64. The van der Waals surface area contributed by atoms with Gasteiger partial charge in [0.15, 0.2) is 0 Å². The minimum absolute atomic E-state index is 0.0224. The van der Waals surface area contributed by atoms with Crippen LogP contribution in [0.15, 0.2) is 0 Å². The molecule has 29 heavy (non-hydrogen) atoms. The SMILES string of the molecule is CSCCC(NC(=O)C(N)CCC(N)=O)C(=O)NC(C)C(=O)NC(CO)C(=O)O. The minimum Gasteiger partial charge on any atom is -0.480 e. The second-order valence-electron chi connectivity index (χ2n) is 6.27. The largest absolute Gasteiger partial charge is 0.480 e. The smallest absolute Gasteiger partial charge is 0.328 e. The molecule has 0 aromatic rings. The first-order valence-electron chi connectivity index (χ1n) is 8.81. The Kier molecular flexibility index (Phi) is 12.6. The molecule has 4 atom stereocenters. The van der Waals surface area contributed by atoms with Gasteiger partial charge in [-0.15, -0.1) is 0 Å². The zero-order valence-corrected chi connectivity index (χ0v) is 17.2. The average Bonchev–Trinajstić information content (AvgIpc) is 2.66. The van der Waals surface area contributed by atoms with Crippen molar-refractivity contribution < 1.29 is 34.2 Å². The van der Waals surface area contributed by atoms with E-state index in [1.165, 1.54) is 18.7 Å². The lowest BCUT2D eigenvalue weighted by Gasteiger charge is -2.23. The van der Waals surface area contributed by atoms with Crippen molar-refractivity contribution in [1.82, 2.24) is 16.0 Å². The van der Waals surface area contributed by atoms with Crippen LogP contribution < -0.4 is 27.4 Å². The number of rotatable bonds is 14. The fourth-order valence-corrected chi connectivity index (χ4v) is 2.55. The van der Waals surface area contributed by atoms with E-state index in [9.17, 15) is 24.0 Å². The number of hydrogen-bond acceptors (Lipinski definition) is 8. The number of aliphatic hydroxyl groups excluding tert-OH is 1. The van der Waals surface area contributed by atoms with Gasteiger partial charge in [-0.25, -0.2) is 4.79 Å². The van der Waals surface area contributed by atoms with E-state index in [-0.39, 0.29) is 19.3 Å². The van der Waals surface area contributed by atoms with E-state index in [1.54, 1.807) is 0 Å². The molecule has 166 valence electrons. The molecule has 9 N–H and O–H groups in total. The zero-order chi connectivity index (χ0) is 22.6. The molecule has 4 amide bonds. The molecular weight excluding hydrogens is 406 g/mol.